The molecule has 3 saturated carbocycles. The second kappa shape index (κ2) is 6.66. The summed E-state index contributed by atoms with van der Waals surface area (Å²) in [6.45, 7) is 7.01. The van der Waals surface area contributed by atoms with Crippen molar-refractivity contribution < 1.29 is 29.3 Å². The lowest BCUT2D eigenvalue weighted by atomic mass is 9.44. The van der Waals surface area contributed by atoms with E-state index in [2.05, 4.69) is 6.92 Å². The number of hydrogen-bond donors (Lipinski definition) is 2. The first kappa shape index (κ1) is 20.5. The predicted molar refractivity (Wildman–Crippen MR) is 97.6 cm³/mol. The maximum Gasteiger partial charge on any atom is 0.332 e. The molecular weight excluding hydrogens is 348 g/mol. The maximum absolute atomic E-state index is 13.1. The van der Waals surface area contributed by atoms with Crippen molar-refractivity contribution in [3.8, 4) is 0 Å². The molecule has 3 fully saturated rings. The van der Waals surface area contributed by atoms with Crippen LogP contribution in [-0.4, -0.2) is 47.1 Å². The van der Waals surface area contributed by atoms with E-state index in [0.717, 1.165) is 19.1 Å². The van der Waals surface area contributed by atoms with Crippen LogP contribution < -0.4 is 0 Å². The Morgan fingerprint density at radius 3 is 2.56 bits per heavy atom. The third-order valence-corrected chi connectivity index (χ3v) is 8.51. The Labute approximate surface area is 160 Å². The molecule has 0 spiro atoms. The molecule has 8 atom stereocenters. The van der Waals surface area contributed by atoms with Gasteiger partial charge in [-0.2, -0.15) is 0 Å². The highest BCUT2D eigenvalue weighted by atomic mass is 16.6. The van der Waals surface area contributed by atoms with Crippen molar-refractivity contribution in [3.63, 3.8) is 0 Å². The van der Waals surface area contributed by atoms with Gasteiger partial charge in [-0.15, -0.1) is 0 Å². The molecule has 0 heterocycles. The van der Waals surface area contributed by atoms with E-state index in [-0.39, 0.29) is 35.4 Å². The largest absolute Gasteiger partial charge is 0.460 e. The third-order valence-electron chi connectivity index (χ3n) is 8.51. The standard InChI is InChI=1S/C21H32O6/c1-12-5-7-21-8-6-14(24)17(21)20(12,4)15(27-16(25)10-22)9-19(3,11-23)18(26)13(21)2/h11-13,15,17-18,22,26H,5-10H2,1-4H3/t12-,13+,15-,17+,18+,19+,20+,21+/m1/s1. The van der Waals surface area contributed by atoms with E-state index in [1.54, 1.807) is 6.92 Å². The van der Waals surface area contributed by atoms with Crippen molar-refractivity contribution in [3.05, 3.63) is 0 Å². The van der Waals surface area contributed by atoms with Crippen LogP contribution in [0.4, 0.5) is 0 Å². The first-order chi connectivity index (χ1) is 12.6. The Morgan fingerprint density at radius 1 is 1.30 bits per heavy atom. The zero-order chi connectivity index (χ0) is 20.2. The normalized spacial score (nSPS) is 49.7. The summed E-state index contributed by atoms with van der Waals surface area (Å²) in [6.07, 6.45) is 2.15. The van der Waals surface area contributed by atoms with Gasteiger partial charge in [-0.1, -0.05) is 27.7 Å². The van der Waals surface area contributed by atoms with Gasteiger partial charge in [0.2, 0.25) is 0 Å². The summed E-state index contributed by atoms with van der Waals surface area (Å²) >= 11 is 0. The van der Waals surface area contributed by atoms with E-state index >= 15 is 0 Å². The number of ketones is 1. The molecule has 0 unspecified atom stereocenters. The van der Waals surface area contributed by atoms with E-state index in [4.69, 9.17) is 4.74 Å². The van der Waals surface area contributed by atoms with Crippen LogP contribution in [0.25, 0.3) is 0 Å². The van der Waals surface area contributed by atoms with Gasteiger partial charge in [-0.05, 0) is 42.9 Å². The molecule has 6 heteroatoms. The van der Waals surface area contributed by atoms with Gasteiger partial charge in [0.15, 0.2) is 0 Å². The monoisotopic (exact) mass is 380 g/mol. The predicted octanol–water partition coefficient (Wildman–Crippen LogP) is 1.90. The van der Waals surface area contributed by atoms with Gasteiger partial charge >= 0.3 is 5.97 Å². The molecule has 0 aliphatic heterocycles. The van der Waals surface area contributed by atoms with Crippen LogP contribution in [0.1, 0.15) is 59.8 Å². The fourth-order valence-corrected chi connectivity index (χ4v) is 6.61. The number of aliphatic hydroxyl groups is 2. The third kappa shape index (κ3) is 2.70. The average molecular weight is 380 g/mol. The second-order valence-corrected chi connectivity index (χ2v) is 9.64. The molecule has 152 valence electrons. The van der Waals surface area contributed by atoms with Gasteiger partial charge in [-0.25, -0.2) is 4.79 Å². The molecule has 3 aliphatic rings. The first-order valence-electron chi connectivity index (χ1n) is 10.0. The van der Waals surface area contributed by atoms with E-state index in [1.807, 2.05) is 13.8 Å². The van der Waals surface area contributed by atoms with E-state index in [9.17, 15) is 24.6 Å². The second-order valence-electron chi connectivity index (χ2n) is 9.64. The molecular formula is C21H32O6. The highest BCUT2D eigenvalue weighted by Gasteiger charge is 2.68. The molecule has 0 aromatic heterocycles. The fourth-order valence-electron chi connectivity index (χ4n) is 6.61. The summed E-state index contributed by atoms with van der Waals surface area (Å²) in [4.78, 5) is 37.1. The number of aliphatic hydroxyl groups excluding tert-OH is 2. The van der Waals surface area contributed by atoms with Crippen LogP contribution in [0, 0.1) is 34.0 Å². The van der Waals surface area contributed by atoms with Gasteiger partial charge in [0.1, 0.15) is 24.8 Å². The first-order valence-corrected chi connectivity index (χ1v) is 10.0. The van der Waals surface area contributed by atoms with Crippen molar-refractivity contribution >= 4 is 18.0 Å². The van der Waals surface area contributed by atoms with Gasteiger partial charge in [0.05, 0.1) is 11.5 Å². The van der Waals surface area contributed by atoms with Gasteiger partial charge in [0, 0.05) is 17.8 Å². The lowest BCUT2D eigenvalue weighted by Crippen LogP contribution is -2.63. The van der Waals surface area contributed by atoms with Crippen LogP contribution >= 0.6 is 0 Å². The SMILES string of the molecule is C[C@@H]1CC[C@@]23CCC(=O)[C@H]2[C@]1(C)[C@H](OC(=O)CO)C[C@@](C)(C=O)[C@@H](O)[C@@H]3C. The minimum Gasteiger partial charge on any atom is -0.460 e. The van der Waals surface area contributed by atoms with Crippen molar-refractivity contribution in [2.45, 2.75) is 72.0 Å². The molecule has 2 N–H and O–H groups in total. The van der Waals surface area contributed by atoms with E-state index in [1.165, 1.54) is 0 Å². The Kier molecular flexibility index (Phi) is 5.05. The Bertz CT molecular complexity index is 647. The minimum absolute atomic E-state index is 0.118. The van der Waals surface area contributed by atoms with Crippen LogP contribution in [0.2, 0.25) is 0 Å². The number of aldehydes is 1. The van der Waals surface area contributed by atoms with Crippen molar-refractivity contribution in [1.29, 1.82) is 0 Å². The molecule has 0 saturated heterocycles. The molecule has 3 rings (SSSR count). The molecule has 0 aromatic carbocycles. The molecule has 27 heavy (non-hydrogen) atoms. The lowest BCUT2D eigenvalue weighted by Gasteiger charge is -2.61. The maximum atomic E-state index is 13.1. The summed E-state index contributed by atoms with van der Waals surface area (Å²) in [6, 6.07) is 0. The van der Waals surface area contributed by atoms with Gasteiger partial charge in [0.25, 0.3) is 0 Å². The van der Waals surface area contributed by atoms with Crippen LogP contribution in [0.15, 0.2) is 0 Å². The Balaban J connectivity index is 2.21. The van der Waals surface area contributed by atoms with Crippen LogP contribution in [0.5, 0.6) is 0 Å². The summed E-state index contributed by atoms with van der Waals surface area (Å²) in [5.41, 5.74) is -2.09. The molecule has 0 aromatic rings. The molecule has 3 aliphatic carbocycles. The van der Waals surface area contributed by atoms with Crippen LogP contribution in [0.3, 0.4) is 0 Å². The quantitative estimate of drug-likeness (QED) is 0.573. The number of carbonyl (C=O) groups excluding carboxylic acids is 3. The molecule has 2 bridgehead atoms. The summed E-state index contributed by atoms with van der Waals surface area (Å²) in [7, 11) is 0. The number of esters is 1. The smallest absolute Gasteiger partial charge is 0.332 e. The number of rotatable bonds is 3. The van der Waals surface area contributed by atoms with Gasteiger partial charge < -0.3 is 19.7 Å². The van der Waals surface area contributed by atoms with Gasteiger partial charge in [-0.3, -0.25) is 4.79 Å². The van der Waals surface area contributed by atoms with Crippen LogP contribution in [-0.2, 0) is 19.1 Å². The van der Waals surface area contributed by atoms with Crippen molar-refractivity contribution in [2.24, 2.45) is 34.0 Å². The van der Waals surface area contributed by atoms with Crippen molar-refractivity contribution in [1.82, 2.24) is 0 Å². The van der Waals surface area contributed by atoms with E-state index in [0.29, 0.717) is 12.8 Å². The fraction of sp³-hybridized carbons (Fsp3) is 0.857. The average Bonchev–Trinajstić information content (AvgIpc) is 3.00. The lowest BCUT2D eigenvalue weighted by molar-refractivity contribution is -0.210. The Hall–Kier alpha value is -1.27. The summed E-state index contributed by atoms with van der Waals surface area (Å²) in [5.74, 6) is -0.988. The summed E-state index contributed by atoms with van der Waals surface area (Å²) < 4.78 is 5.66. The Morgan fingerprint density at radius 2 is 1.96 bits per heavy atom. The van der Waals surface area contributed by atoms with E-state index < -0.39 is 35.6 Å². The minimum atomic E-state index is -1.08. The topological polar surface area (TPSA) is 101 Å². The zero-order valence-corrected chi connectivity index (χ0v) is 16.7. The number of hydrogen-bond acceptors (Lipinski definition) is 6. The highest BCUT2D eigenvalue weighted by molar-refractivity contribution is 5.86. The number of carbonyl (C=O) groups is 3. The number of ether oxygens (including phenoxy) is 1. The zero-order valence-electron chi connectivity index (χ0n) is 16.7. The molecule has 0 amide bonds. The number of Topliss-reactive ketones (excluding diaryl/α,β-unsaturated/α-hetero) is 1. The van der Waals surface area contributed by atoms with Crippen molar-refractivity contribution in [2.75, 3.05) is 6.61 Å². The highest BCUT2D eigenvalue weighted by Crippen LogP contribution is 2.67. The summed E-state index contributed by atoms with van der Waals surface area (Å²) in [5, 5.41) is 20.4. The molecule has 0 radical (unpaired) electrons. The molecule has 6 nitrogen and oxygen atoms in total.